The second-order valence-electron chi connectivity index (χ2n) is 41.3. The van der Waals surface area contributed by atoms with Gasteiger partial charge in [-0.3, -0.25) is 19.2 Å². The predicted octanol–water partition coefficient (Wildman–Crippen LogP) is 27.7. The summed E-state index contributed by atoms with van der Waals surface area (Å²) in [6, 6.07) is 82.1. The zero-order chi connectivity index (χ0) is 99.7. The molecule has 3 heterocycles. The van der Waals surface area contributed by atoms with Crippen molar-refractivity contribution < 1.29 is 38.2 Å². The average Bonchev–Trinajstić information content (AvgIpc) is 0.832. The van der Waals surface area contributed by atoms with Crippen LogP contribution in [0.3, 0.4) is 0 Å². The average molecular weight is 1840 g/mol. The summed E-state index contributed by atoms with van der Waals surface area (Å²) in [5, 5.41) is 14.1. The highest BCUT2D eigenvalue weighted by Gasteiger charge is 2.25. The van der Waals surface area contributed by atoms with Crippen molar-refractivity contribution in [2.45, 2.75) is 237 Å². The maximum Gasteiger partial charge on any atom is 0.335 e. The Morgan fingerprint density at radius 2 is 0.752 bits per heavy atom. The van der Waals surface area contributed by atoms with Crippen molar-refractivity contribution in [3.63, 3.8) is 0 Å². The number of hydrogen-bond donors (Lipinski definition) is 2. The Bertz CT molecular complexity index is 4940. The van der Waals surface area contributed by atoms with E-state index in [2.05, 4.69) is 336 Å². The van der Waals surface area contributed by atoms with Crippen LogP contribution in [0.2, 0.25) is 5.02 Å². The van der Waals surface area contributed by atoms with Crippen LogP contribution in [0, 0.1) is 12.7 Å². The summed E-state index contributed by atoms with van der Waals surface area (Å²) in [6.45, 7) is 67.2. The number of likely N-dealkylation sites (N-methyl/N-ethyl adjacent to an activating group) is 1. The summed E-state index contributed by atoms with van der Waals surface area (Å²) in [6.07, 6.45) is 0. The van der Waals surface area contributed by atoms with Crippen molar-refractivity contribution in [3.8, 4) is 0 Å². The molecule has 14 nitrogen and oxygen atoms in total. The molecule has 0 unspecified atom stereocenters. The van der Waals surface area contributed by atoms with Crippen LogP contribution >= 0.6 is 11.6 Å². The molecule has 13 rings (SSSR count). The molecule has 3 fully saturated rings. The molecule has 3 saturated heterocycles. The third kappa shape index (κ3) is 42.5. The molecule has 10 aromatic rings. The van der Waals surface area contributed by atoms with Gasteiger partial charge in [0.1, 0.15) is 5.82 Å². The first-order chi connectivity index (χ1) is 62.2. The summed E-state index contributed by atoms with van der Waals surface area (Å²) in [5.74, 6) is 2.09. The largest absolute Gasteiger partial charge is 0.478 e. The Labute approximate surface area is 808 Å². The molecule has 3 amide bonds. The minimum atomic E-state index is -0.875. The summed E-state index contributed by atoms with van der Waals surface area (Å²) in [4.78, 5) is 62.4. The molecule has 10 aromatic carbocycles. The number of morpholine rings is 1. The van der Waals surface area contributed by atoms with Crippen molar-refractivity contribution in [3.05, 3.63) is 343 Å². The molecule has 2 N–H and O–H groups in total. The third-order valence-electron chi connectivity index (χ3n) is 23.3. The summed E-state index contributed by atoms with van der Waals surface area (Å²) in [5.41, 5.74) is 20.3. The Morgan fingerprint density at radius 1 is 0.406 bits per heavy atom. The van der Waals surface area contributed by atoms with Crippen LogP contribution in [-0.4, -0.2) is 163 Å². The smallest absolute Gasteiger partial charge is 0.335 e. The van der Waals surface area contributed by atoms with Crippen LogP contribution in [0.15, 0.2) is 249 Å². The molecular formula is C117H165ClFN7O7. The van der Waals surface area contributed by atoms with Gasteiger partial charge in [-0.25, -0.2) is 14.2 Å². The molecule has 0 atom stereocenters. The lowest BCUT2D eigenvalue weighted by molar-refractivity contribution is -0.0757. The van der Waals surface area contributed by atoms with Crippen LogP contribution in [0.25, 0.3) is 0 Å². The molecule has 3 aliphatic rings. The van der Waals surface area contributed by atoms with Crippen molar-refractivity contribution >= 4 is 46.7 Å². The van der Waals surface area contributed by atoms with Gasteiger partial charge in [-0.15, -0.1) is 0 Å². The first-order valence-corrected chi connectivity index (χ1v) is 47.9. The SMILES string of the molecule is CC(C)(C)c1ccc(C(=O)N2CCOCC2)cc1.CC(C)(C)c1ccc(C(=O)O)cc1.CC(C)(C)c1ccc(N2CCNCC2)cc1.CC(C)c1ccc(F)cc1.CC(C)c1ccc(N(C)C)cc1.CC(C)c1cccc(Cl)c1.CC(C)c1ccccc1.CN1CCN(C(=O)c2ccc(C(C)(C)C)cc2)CC1.CON(C)C(=O)c1ccc(C(C)(C)C)cc1.Cc1ccccc1C(C)C. The molecule has 3 aliphatic heterocycles. The second kappa shape index (κ2) is 56.2. The first kappa shape index (κ1) is 115. The van der Waals surface area contributed by atoms with Crippen LogP contribution in [0.1, 0.15) is 305 Å². The number of amides is 3. The molecule has 0 saturated carbocycles. The molecule has 0 aliphatic carbocycles. The zero-order valence-corrected chi connectivity index (χ0v) is 87.6. The van der Waals surface area contributed by atoms with E-state index in [0.717, 1.165) is 74.1 Å². The third-order valence-corrected chi connectivity index (χ3v) is 23.5. The number of aromatic carboxylic acids is 1. The number of anilines is 2. The minimum absolute atomic E-state index is 0.0804. The van der Waals surface area contributed by atoms with Gasteiger partial charge in [0.25, 0.3) is 17.7 Å². The van der Waals surface area contributed by atoms with Crippen molar-refractivity contribution in [2.75, 3.05) is 124 Å². The quantitative estimate of drug-likeness (QED) is 0.113. The number of halogens is 2. The van der Waals surface area contributed by atoms with Gasteiger partial charge in [-0.2, -0.15) is 0 Å². The van der Waals surface area contributed by atoms with Gasteiger partial charge in [0, 0.05) is 120 Å². The number of carbonyl (C=O) groups excluding carboxylic acids is 3. The summed E-state index contributed by atoms with van der Waals surface area (Å²) in [7, 11) is 9.29. The molecule has 16 heteroatoms. The van der Waals surface area contributed by atoms with E-state index in [-0.39, 0.29) is 50.6 Å². The van der Waals surface area contributed by atoms with Crippen molar-refractivity contribution in [1.29, 1.82) is 0 Å². The zero-order valence-electron chi connectivity index (χ0n) is 86.9. The number of nitrogens with zero attached hydrogens (tertiary/aromatic N) is 6. The molecule has 724 valence electrons. The standard InChI is InChI=1S/C16H24N2O.C15H21NO2.C14H22N2.C13H19NO2.C11H17N.C11H14O2.C10H14.C9H11Cl.C9H11F.C9H12/c1-16(2,3)14-7-5-13(6-8-14)15(19)18-11-9-17(4)10-12-18;1-15(2,3)13-6-4-12(5-7-13)14(17)16-8-10-18-11-9-16;1-14(2,3)12-4-6-13(7-5-12)16-10-8-15-9-11-16;1-13(2,3)11-8-6-10(7-9-11)12(15)14(4)16-5;1-9(2)10-5-7-11(8-6-10)12(3)4;1-11(2,3)9-6-4-8(5-7-9)10(12)13;1-8(2)10-7-5-4-6-9(10)3;1-7(2)8-4-3-5-9(10)6-8;1-7(2)8-3-5-9(10)6-4-8;1-8(2)9-6-4-3-5-7-9/h5-8H,9-12H2,1-4H3;4-7H,8-11H2,1-3H3;4-7,15H,8-11H2,1-3H3;6-9H,1-5H3;5-9H,1-4H3;4-7H,1-3H3,(H,12,13);4-8H,1-3H3;2*3-7H,1-2H3;3-8H,1-2H3. The van der Waals surface area contributed by atoms with E-state index in [1.54, 1.807) is 19.2 Å². The molecule has 0 spiro atoms. The van der Waals surface area contributed by atoms with Gasteiger partial charge >= 0.3 is 5.97 Å². The second-order valence-corrected chi connectivity index (χ2v) is 41.7. The predicted molar refractivity (Wildman–Crippen MR) is 564 cm³/mol. The monoisotopic (exact) mass is 1830 g/mol. The van der Waals surface area contributed by atoms with Gasteiger partial charge < -0.3 is 39.7 Å². The highest BCUT2D eigenvalue weighted by Crippen LogP contribution is 2.30. The summed E-state index contributed by atoms with van der Waals surface area (Å²) >= 11 is 5.79. The van der Waals surface area contributed by atoms with E-state index in [0.29, 0.717) is 67.0 Å². The van der Waals surface area contributed by atoms with Gasteiger partial charge in [0.2, 0.25) is 0 Å². The normalized spacial score (nSPS) is 13.3. The van der Waals surface area contributed by atoms with E-state index in [1.807, 2.05) is 119 Å². The number of hydrogen-bond acceptors (Lipinski definition) is 10. The number of aryl methyl sites for hydroxylation is 1. The number of ether oxygens (including phenoxy) is 1. The minimum Gasteiger partial charge on any atom is -0.478 e. The molecule has 0 aromatic heterocycles. The van der Waals surface area contributed by atoms with E-state index in [1.165, 1.54) is 91.3 Å². The van der Waals surface area contributed by atoms with Crippen molar-refractivity contribution in [1.82, 2.24) is 25.1 Å². The van der Waals surface area contributed by atoms with Gasteiger partial charge in [0.05, 0.1) is 25.9 Å². The van der Waals surface area contributed by atoms with Crippen LogP contribution in [-0.2, 0) is 36.6 Å². The number of carboxylic acid groups (broad SMARTS) is 1. The lowest BCUT2D eigenvalue weighted by Gasteiger charge is -2.32. The van der Waals surface area contributed by atoms with Gasteiger partial charge in [-0.1, -0.05) is 336 Å². The number of rotatable bonds is 12. The Balaban J connectivity index is 0.000000312. The van der Waals surface area contributed by atoms with Gasteiger partial charge in [-0.05, 0) is 229 Å². The molecule has 0 radical (unpaired) electrons. The Morgan fingerprint density at radius 3 is 1.08 bits per heavy atom. The highest BCUT2D eigenvalue weighted by molar-refractivity contribution is 6.30. The van der Waals surface area contributed by atoms with Crippen LogP contribution < -0.4 is 15.1 Å². The first-order valence-electron chi connectivity index (χ1n) is 47.5. The van der Waals surface area contributed by atoms with Gasteiger partial charge in [0.15, 0.2) is 0 Å². The lowest BCUT2D eigenvalue weighted by atomic mass is 9.86. The highest BCUT2D eigenvalue weighted by atomic mass is 35.5. The fourth-order valence-electron chi connectivity index (χ4n) is 13.9. The number of nitrogens with one attached hydrogen (secondary N) is 1. The molecular weight excluding hydrogens is 1670 g/mol. The van der Waals surface area contributed by atoms with Crippen LogP contribution in [0.5, 0.6) is 0 Å². The van der Waals surface area contributed by atoms with Crippen LogP contribution in [0.4, 0.5) is 15.8 Å². The fourth-order valence-corrected chi connectivity index (χ4v) is 14.1. The van der Waals surface area contributed by atoms with Crippen molar-refractivity contribution in [2.24, 2.45) is 0 Å². The number of carbonyl (C=O) groups is 4. The lowest BCUT2D eigenvalue weighted by Crippen LogP contribution is -2.47. The van der Waals surface area contributed by atoms with E-state index < -0.39 is 5.97 Å². The fraction of sp³-hybridized carbons (Fsp3) is 0.453. The van der Waals surface area contributed by atoms with E-state index >= 15 is 0 Å². The Kier molecular flexibility index (Phi) is 48.6. The number of carboxylic acids is 1. The number of piperazine rings is 2. The number of hydroxylamine groups is 2. The molecule has 133 heavy (non-hydrogen) atoms. The Hall–Kier alpha value is -10.3. The van der Waals surface area contributed by atoms with E-state index in [4.69, 9.17) is 26.3 Å². The number of benzene rings is 10. The topological polar surface area (TPSA) is 138 Å². The summed E-state index contributed by atoms with van der Waals surface area (Å²) < 4.78 is 17.6. The molecule has 0 bridgehead atoms. The van der Waals surface area contributed by atoms with E-state index in [9.17, 15) is 23.6 Å². The maximum absolute atomic E-state index is 12.4. The maximum atomic E-state index is 12.4.